The minimum Gasteiger partial charge on any atom is -0.490 e. The average molecular weight is 835 g/mol. The first-order chi connectivity index (χ1) is 27.8. The van der Waals surface area contributed by atoms with Gasteiger partial charge in [0.1, 0.15) is 26.8 Å². The van der Waals surface area contributed by atoms with E-state index in [1.807, 2.05) is 32.2 Å². The van der Waals surface area contributed by atoms with Crippen LogP contribution in [-0.2, 0) is 38.3 Å². The number of hydrogen-bond acceptors (Lipinski definition) is 10. The van der Waals surface area contributed by atoms with Gasteiger partial charge >= 0.3 is 0 Å². The normalized spacial score (nSPS) is 30.8. The highest BCUT2D eigenvalue weighted by Gasteiger charge is 2.50. The number of hydrogen-bond donors (Lipinski definition) is 1. The first-order valence-electron chi connectivity index (χ1n) is 20.3. The lowest BCUT2D eigenvalue weighted by Crippen LogP contribution is -2.61. The number of ether oxygens (including phenoxy) is 4. The molecule has 15 heteroatoms. The molecule has 2 amide bonds. The highest BCUT2D eigenvalue weighted by molar-refractivity contribution is 7.92. The smallest absolute Gasteiger partial charge is 0.286 e. The van der Waals surface area contributed by atoms with Crippen molar-refractivity contribution in [3.63, 3.8) is 0 Å². The summed E-state index contributed by atoms with van der Waals surface area (Å²) in [6, 6.07) is 11.6. The van der Waals surface area contributed by atoms with E-state index in [0.29, 0.717) is 31.2 Å². The molecule has 2 fully saturated rings. The van der Waals surface area contributed by atoms with Crippen molar-refractivity contribution >= 4 is 39.0 Å². The number of rotatable bonds is 7. The van der Waals surface area contributed by atoms with Gasteiger partial charge in [-0.05, 0) is 97.7 Å². The van der Waals surface area contributed by atoms with Crippen LogP contribution in [0.2, 0.25) is 5.02 Å². The van der Waals surface area contributed by atoms with Crippen LogP contribution < -0.4 is 19.1 Å². The standard InChI is InChI=1S/C43H55ClN6O7S/c1-28-8-6-17-43(56-5,26-49-21-33(22-49)54-3)36-13-10-31(36)20-50-25-42(16-7-9-29-18-32(44)12-14-35(29)42)27-57-38-15-11-30(19-37(38)50)39(51)46-58(53,24-28)47-40(52)34-23-48(2)45-41(34)55-4/h6,11-12,14-15,17-19,23,28,31,33,36H,7-10,13,16,20-22,24-27H2,1-5H3,(H,46,47,51,52,53)/b17-6-/t28-,31-,36+,42-,43+,58?/m0/s1. The number of benzene rings is 2. The summed E-state index contributed by atoms with van der Waals surface area (Å²) < 4.78 is 47.6. The van der Waals surface area contributed by atoms with Crippen LogP contribution in [0, 0.1) is 17.8 Å². The Bertz CT molecular complexity index is 2220. The quantitative estimate of drug-likeness (QED) is 0.289. The molecule has 4 heterocycles. The van der Waals surface area contributed by atoms with E-state index < -0.39 is 27.3 Å². The van der Waals surface area contributed by atoms with Gasteiger partial charge in [-0.25, -0.2) is 4.21 Å². The van der Waals surface area contributed by atoms with Crippen molar-refractivity contribution < 1.29 is 32.7 Å². The van der Waals surface area contributed by atoms with E-state index in [4.69, 9.17) is 30.5 Å². The van der Waals surface area contributed by atoms with Crippen LogP contribution in [0.25, 0.3) is 0 Å². The molecule has 1 spiro atoms. The van der Waals surface area contributed by atoms with Crippen LogP contribution in [0.3, 0.4) is 0 Å². The number of aromatic nitrogens is 2. The third-order valence-corrected chi connectivity index (χ3v) is 15.3. The molecule has 3 aromatic rings. The minimum absolute atomic E-state index is 0.0583. The maximum absolute atomic E-state index is 14.9. The highest BCUT2D eigenvalue weighted by Crippen LogP contribution is 2.49. The fraction of sp³-hybridized carbons (Fsp3) is 0.558. The third-order valence-electron chi connectivity index (χ3n) is 13.1. The molecule has 2 aliphatic carbocycles. The number of allylic oxidation sites excluding steroid dienone is 1. The molecule has 6 atom stereocenters. The van der Waals surface area contributed by atoms with Gasteiger partial charge in [-0.15, -0.1) is 9.46 Å². The van der Waals surface area contributed by atoms with Crippen LogP contribution in [0.4, 0.5) is 5.69 Å². The topological polar surface area (TPSA) is 137 Å². The minimum atomic E-state index is -3.65. The third kappa shape index (κ3) is 7.90. The zero-order valence-corrected chi connectivity index (χ0v) is 35.7. The van der Waals surface area contributed by atoms with Crippen molar-refractivity contribution in [3.8, 4) is 11.6 Å². The molecule has 5 aliphatic rings. The Labute approximate surface area is 346 Å². The zero-order valence-electron chi connectivity index (χ0n) is 34.1. The molecule has 1 N–H and O–H groups in total. The number of anilines is 1. The second-order valence-electron chi connectivity index (χ2n) is 17.0. The molecule has 1 aromatic heterocycles. The fourth-order valence-electron chi connectivity index (χ4n) is 9.91. The van der Waals surface area contributed by atoms with E-state index in [9.17, 15) is 13.8 Å². The number of carbonyl (C=O) groups is 2. The van der Waals surface area contributed by atoms with E-state index in [2.05, 4.69) is 48.3 Å². The molecule has 0 radical (unpaired) electrons. The first kappa shape index (κ1) is 40.8. The van der Waals surface area contributed by atoms with Gasteiger partial charge in [0.2, 0.25) is 5.88 Å². The summed E-state index contributed by atoms with van der Waals surface area (Å²) in [6.07, 6.45) is 11.5. The lowest BCUT2D eigenvalue weighted by molar-refractivity contribution is -0.120. The van der Waals surface area contributed by atoms with Gasteiger partial charge in [0, 0.05) is 76.2 Å². The summed E-state index contributed by atoms with van der Waals surface area (Å²) in [4.78, 5) is 32.7. The molecule has 1 unspecified atom stereocenters. The predicted octanol–water partition coefficient (Wildman–Crippen LogP) is 5.85. The monoisotopic (exact) mass is 834 g/mol. The van der Waals surface area contributed by atoms with Gasteiger partial charge in [0.15, 0.2) is 0 Å². The number of carbonyl (C=O) groups excluding carboxylic acids is 2. The molecule has 13 nitrogen and oxygen atoms in total. The lowest BCUT2D eigenvalue weighted by atomic mass is 9.63. The Morgan fingerprint density at radius 3 is 2.69 bits per heavy atom. The molecule has 1 saturated carbocycles. The summed E-state index contributed by atoms with van der Waals surface area (Å²) in [6.45, 7) is 6.25. The second kappa shape index (κ2) is 16.2. The molecular formula is C43H55ClN6O7S. The average Bonchev–Trinajstić information content (AvgIpc) is 3.49. The number of nitrogens with zero attached hydrogens (tertiary/aromatic N) is 5. The molecular weight excluding hydrogens is 780 g/mol. The summed E-state index contributed by atoms with van der Waals surface area (Å²) in [5.41, 5.74) is 2.78. The SMILES string of the molecule is COc1nn(C)cc1C(=O)NS1(=O)=NC(=O)c2ccc3c(c2)N(C[C@@H]2CC[C@H]2[C@@](CN2CC(OC)C2)(OC)/C=C\C[C@H](C)C1)C[C@@]1(CCCc2cc(Cl)ccc21)CO3. The van der Waals surface area contributed by atoms with Gasteiger partial charge in [0.25, 0.3) is 11.8 Å². The first-order valence-corrected chi connectivity index (χ1v) is 22.4. The summed E-state index contributed by atoms with van der Waals surface area (Å²) in [5, 5.41) is 4.91. The number of nitrogens with one attached hydrogen (secondary N) is 1. The molecule has 2 aromatic carbocycles. The van der Waals surface area contributed by atoms with Crippen LogP contribution in [0.15, 0.2) is 59.1 Å². The van der Waals surface area contributed by atoms with Gasteiger partial charge < -0.3 is 23.8 Å². The molecule has 8 rings (SSSR count). The predicted molar refractivity (Wildman–Crippen MR) is 223 cm³/mol. The van der Waals surface area contributed by atoms with Crippen LogP contribution >= 0.6 is 11.6 Å². The van der Waals surface area contributed by atoms with E-state index >= 15 is 0 Å². The molecule has 1 saturated heterocycles. The van der Waals surface area contributed by atoms with Gasteiger partial charge in [-0.1, -0.05) is 36.7 Å². The lowest BCUT2D eigenvalue weighted by Gasteiger charge is -2.53. The number of halogens is 1. The Hall–Kier alpha value is -3.95. The zero-order chi connectivity index (χ0) is 40.8. The molecule has 2 bridgehead atoms. The van der Waals surface area contributed by atoms with Crippen molar-refractivity contribution in [3.05, 3.63) is 82.0 Å². The van der Waals surface area contributed by atoms with E-state index in [1.165, 1.54) is 29.1 Å². The maximum Gasteiger partial charge on any atom is 0.286 e. The van der Waals surface area contributed by atoms with Crippen molar-refractivity contribution in [1.29, 1.82) is 0 Å². The number of methoxy groups -OCH3 is 3. The Morgan fingerprint density at radius 2 is 1.95 bits per heavy atom. The maximum atomic E-state index is 14.9. The van der Waals surface area contributed by atoms with Crippen molar-refractivity contribution in [2.24, 2.45) is 29.2 Å². The number of aryl methyl sites for hydroxylation is 2. The Balaban J connectivity index is 1.22. The van der Waals surface area contributed by atoms with Crippen molar-refractivity contribution in [2.75, 3.05) is 71.3 Å². The number of amides is 2. The molecule has 3 aliphatic heterocycles. The summed E-state index contributed by atoms with van der Waals surface area (Å²) in [5.74, 6) is -0.373. The van der Waals surface area contributed by atoms with E-state index in [0.717, 1.165) is 69.0 Å². The number of fused-ring (bicyclic) bond motifs is 4. The van der Waals surface area contributed by atoms with Gasteiger partial charge in [-0.2, -0.15) is 0 Å². The summed E-state index contributed by atoms with van der Waals surface area (Å²) >= 11 is 6.52. The fourth-order valence-corrected chi connectivity index (χ4v) is 12.0. The van der Waals surface area contributed by atoms with Gasteiger partial charge in [0.05, 0.1) is 31.3 Å². The highest BCUT2D eigenvalue weighted by atomic mass is 35.5. The van der Waals surface area contributed by atoms with Crippen LogP contribution in [0.5, 0.6) is 11.6 Å². The van der Waals surface area contributed by atoms with Gasteiger partial charge in [-0.3, -0.25) is 23.9 Å². The Morgan fingerprint density at radius 1 is 1.12 bits per heavy atom. The van der Waals surface area contributed by atoms with Crippen LogP contribution in [0.1, 0.15) is 70.9 Å². The Kier molecular flexibility index (Phi) is 11.4. The van der Waals surface area contributed by atoms with Crippen LogP contribution in [-0.4, -0.2) is 109 Å². The largest absolute Gasteiger partial charge is 0.490 e. The van der Waals surface area contributed by atoms with Crippen molar-refractivity contribution in [2.45, 2.75) is 62.6 Å². The molecule has 312 valence electrons. The van der Waals surface area contributed by atoms with E-state index in [-0.39, 0.29) is 46.1 Å². The number of likely N-dealkylation sites (tertiary alicyclic amines) is 1. The van der Waals surface area contributed by atoms with Crippen molar-refractivity contribution in [1.82, 2.24) is 19.4 Å². The molecule has 58 heavy (non-hydrogen) atoms. The summed E-state index contributed by atoms with van der Waals surface area (Å²) in [7, 11) is 2.99. The van der Waals surface area contributed by atoms with E-state index in [1.54, 1.807) is 20.2 Å². The second-order valence-corrected chi connectivity index (χ2v) is 19.5.